The molecule has 1 N–H and O–H groups in total. The maximum absolute atomic E-state index is 11.8. The zero-order valence-corrected chi connectivity index (χ0v) is 15.4. The van der Waals surface area contributed by atoms with E-state index < -0.39 is 0 Å². The maximum Gasteiger partial charge on any atom is 0.337 e. The Hall–Kier alpha value is -1.96. The first-order chi connectivity index (χ1) is 12.7. The van der Waals surface area contributed by atoms with E-state index in [2.05, 4.69) is 26.8 Å². The van der Waals surface area contributed by atoms with E-state index in [1.54, 1.807) is 12.1 Å². The minimum atomic E-state index is -0.338. The van der Waals surface area contributed by atoms with E-state index in [-0.39, 0.29) is 12.0 Å². The number of carbonyl (C=O) groups is 1. The molecule has 1 fully saturated rings. The number of hydrogen-bond donors (Lipinski definition) is 1. The van der Waals surface area contributed by atoms with Crippen LogP contribution >= 0.6 is 0 Å². The average molecular weight is 358 g/mol. The number of nitrogens with zero attached hydrogens (tertiary/aromatic N) is 3. The molecule has 26 heavy (non-hydrogen) atoms. The van der Waals surface area contributed by atoms with Gasteiger partial charge >= 0.3 is 5.97 Å². The summed E-state index contributed by atoms with van der Waals surface area (Å²) in [6.07, 6.45) is 2.37. The standard InChI is InChI=1S/C19H26N4O3/c1-22-7-5-14(6-8-22)20-10-15-11-26-12-18-21-16-9-13(19(24)25-2)3-4-17(16)23(15)18/h3-4,9,14-15,20H,5-8,10-12H2,1-2H3/t15-/m0/s1. The van der Waals surface area contributed by atoms with Gasteiger partial charge in [0.1, 0.15) is 12.4 Å². The fourth-order valence-corrected chi connectivity index (χ4v) is 3.93. The molecule has 1 aromatic heterocycles. The van der Waals surface area contributed by atoms with Crippen molar-refractivity contribution in [3.05, 3.63) is 29.6 Å². The molecule has 0 saturated carbocycles. The molecule has 3 heterocycles. The van der Waals surface area contributed by atoms with Gasteiger partial charge in [-0.15, -0.1) is 0 Å². The smallest absolute Gasteiger partial charge is 0.337 e. The lowest BCUT2D eigenvalue weighted by Crippen LogP contribution is -2.44. The maximum atomic E-state index is 11.8. The van der Waals surface area contributed by atoms with Crippen LogP contribution in [-0.4, -0.2) is 66.9 Å². The molecule has 0 aliphatic carbocycles. The van der Waals surface area contributed by atoms with Crippen LogP contribution in [0.5, 0.6) is 0 Å². The van der Waals surface area contributed by atoms with Gasteiger partial charge in [0.2, 0.25) is 0 Å². The van der Waals surface area contributed by atoms with Crippen LogP contribution in [0.1, 0.15) is 35.1 Å². The third kappa shape index (κ3) is 3.34. The molecular formula is C19H26N4O3. The molecule has 1 saturated heterocycles. The second kappa shape index (κ2) is 7.34. The number of hydrogen-bond acceptors (Lipinski definition) is 6. The molecule has 1 atom stereocenters. The first-order valence-electron chi connectivity index (χ1n) is 9.24. The highest BCUT2D eigenvalue weighted by Gasteiger charge is 2.26. The van der Waals surface area contributed by atoms with Crippen molar-refractivity contribution in [2.45, 2.75) is 31.5 Å². The molecule has 2 aliphatic heterocycles. The Morgan fingerprint density at radius 1 is 1.38 bits per heavy atom. The molecular weight excluding hydrogens is 332 g/mol. The lowest BCUT2D eigenvalue weighted by molar-refractivity contribution is 0.0547. The number of nitrogens with one attached hydrogen (secondary N) is 1. The number of imidazole rings is 1. The van der Waals surface area contributed by atoms with Gasteiger partial charge in [-0.05, 0) is 51.2 Å². The van der Waals surface area contributed by atoms with Crippen molar-refractivity contribution in [3.63, 3.8) is 0 Å². The van der Waals surface area contributed by atoms with E-state index in [1.807, 2.05) is 6.07 Å². The number of aromatic nitrogens is 2. The van der Waals surface area contributed by atoms with Crippen LogP contribution in [0.25, 0.3) is 11.0 Å². The molecule has 0 bridgehead atoms. The summed E-state index contributed by atoms with van der Waals surface area (Å²) in [7, 11) is 3.57. The summed E-state index contributed by atoms with van der Waals surface area (Å²) < 4.78 is 12.8. The predicted octanol–water partition coefficient (Wildman–Crippen LogP) is 1.58. The predicted molar refractivity (Wildman–Crippen MR) is 98.3 cm³/mol. The number of carbonyl (C=O) groups excluding carboxylic acids is 1. The fourth-order valence-electron chi connectivity index (χ4n) is 3.93. The molecule has 2 aromatic rings. The summed E-state index contributed by atoms with van der Waals surface area (Å²) in [6, 6.07) is 6.35. The van der Waals surface area contributed by atoms with Crippen molar-refractivity contribution in [2.24, 2.45) is 0 Å². The van der Waals surface area contributed by atoms with Crippen molar-refractivity contribution >= 4 is 17.0 Å². The molecule has 1 aromatic carbocycles. The molecule has 0 unspecified atom stereocenters. The molecule has 0 amide bonds. The summed E-state index contributed by atoms with van der Waals surface area (Å²) in [5.74, 6) is 0.582. The zero-order valence-electron chi connectivity index (χ0n) is 15.4. The Kier molecular flexibility index (Phi) is 4.93. The lowest BCUT2D eigenvalue weighted by Gasteiger charge is -2.32. The van der Waals surface area contributed by atoms with Gasteiger partial charge in [-0.1, -0.05) is 0 Å². The monoisotopic (exact) mass is 358 g/mol. The van der Waals surface area contributed by atoms with Crippen LogP contribution < -0.4 is 5.32 Å². The molecule has 2 aliphatic rings. The number of esters is 1. The van der Waals surface area contributed by atoms with Crippen molar-refractivity contribution in [2.75, 3.05) is 40.4 Å². The number of rotatable bonds is 4. The first kappa shape index (κ1) is 17.5. The van der Waals surface area contributed by atoms with Gasteiger partial charge in [0.15, 0.2) is 0 Å². The van der Waals surface area contributed by atoms with Gasteiger partial charge in [0.25, 0.3) is 0 Å². The van der Waals surface area contributed by atoms with Crippen molar-refractivity contribution < 1.29 is 14.3 Å². The first-order valence-corrected chi connectivity index (χ1v) is 9.24. The van der Waals surface area contributed by atoms with E-state index in [9.17, 15) is 4.79 Å². The summed E-state index contributed by atoms with van der Waals surface area (Å²) in [4.78, 5) is 18.8. The summed E-state index contributed by atoms with van der Waals surface area (Å²) in [5, 5.41) is 3.72. The normalized spacial score (nSPS) is 21.7. The van der Waals surface area contributed by atoms with Crippen LogP contribution in [0.3, 0.4) is 0 Å². The molecule has 140 valence electrons. The minimum absolute atomic E-state index is 0.215. The average Bonchev–Trinajstić information content (AvgIpc) is 3.05. The topological polar surface area (TPSA) is 68.6 Å². The third-order valence-electron chi connectivity index (χ3n) is 5.45. The summed E-state index contributed by atoms with van der Waals surface area (Å²) in [5.41, 5.74) is 2.39. The second-order valence-electron chi connectivity index (χ2n) is 7.25. The van der Waals surface area contributed by atoms with E-state index in [0.29, 0.717) is 24.8 Å². The van der Waals surface area contributed by atoms with E-state index >= 15 is 0 Å². The SMILES string of the molecule is COC(=O)c1ccc2c(c1)nc1n2[C@@H](CNC2CCN(C)CC2)COC1. The van der Waals surface area contributed by atoms with Crippen molar-refractivity contribution in [1.82, 2.24) is 19.8 Å². The van der Waals surface area contributed by atoms with Crippen LogP contribution in [0, 0.1) is 0 Å². The summed E-state index contributed by atoms with van der Waals surface area (Å²) >= 11 is 0. The molecule has 0 radical (unpaired) electrons. The number of fused-ring (bicyclic) bond motifs is 3. The highest BCUT2D eigenvalue weighted by Crippen LogP contribution is 2.27. The largest absolute Gasteiger partial charge is 0.465 e. The van der Waals surface area contributed by atoms with E-state index in [1.165, 1.54) is 20.0 Å². The Labute approximate surface area is 153 Å². The minimum Gasteiger partial charge on any atom is -0.465 e. The van der Waals surface area contributed by atoms with Crippen molar-refractivity contribution in [3.8, 4) is 0 Å². The summed E-state index contributed by atoms with van der Waals surface area (Å²) in [6.45, 7) is 4.35. The third-order valence-corrected chi connectivity index (χ3v) is 5.45. The molecule has 4 rings (SSSR count). The van der Waals surface area contributed by atoms with E-state index in [0.717, 1.165) is 36.5 Å². The Morgan fingerprint density at radius 2 is 2.19 bits per heavy atom. The zero-order chi connectivity index (χ0) is 18.1. The molecule has 7 nitrogen and oxygen atoms in total. The van der Waals surface area contributed by atoms with Crippen LogP contribution in [-0.2, 0) is 16.1 Å². The van der Waals surface area contributed by atoms with Crippen LogP contribution in [0.4, 0.5) is 0 Å². The Morgan fingerprint density at radius 3 is 2.96 bits per heavy atom. The van der Waals surface area contributed by atoms with Crippen LogP contribution in [0.2, 0.25) is 0 Å². The number of likely N-dealkylation sites (tertiary alicyclic amines) is 1. The lowest BCUT2D eigenvalue weighted by atomic mass is 10.1. The number of methoxy groups -OCH3 is 1. The fraction of sp³-hybridized carbons (Fsp3) is 0.579. The highest BCUT2D eigenvalue weighted by atomic mass is 16.5. The Bertz CT molecular complexity index is 795. The van der Waals surface area contributed by atoms with E-state index in [4.69, 9.17) is 9.47 Å². The quantitative estimate of drug-likeness (QED) is 0.837. The van der Waals surface area contributed by atoms with Gasteiger partial charge in [-0.3, -0.25) is 0 Å². The highest BCUT2D eigenvalue weighted by molar-refractivity contribution is 5.93. The van der Waals surface area contributed by atoms with Gasteiger partial charge in [0, 0.05) is 12.6 Å². The van der Waals surface area contributed by atoms with Crippen molar-refractivity contribution in [1.29, 1.82) is 0 Å². The Balaban J connectivity index is 1.54. The van der Waals surface area contributed by atoms with Gasteiger partial charge in [0.05, 0.1) is 36.4 Å². The van der Waals surface area contributed by atoms with Gasteiger partial charge in [-0.25, -0.2) is 9.78 Å². The number of piperidine rings is 1. The molecule has 0 spiro atoms. The second-order valence-corrected chi connectivity index (χ2v) is 7.25. The van der Waals surface area contributed by atoms with Gasteiger partial charge in [-0.2, -0.15) is 0 Å². The molecule has 7 heteroatoms. The van der Waals surface area contributed by atoms with Gasteiger partial charge < -0.3 is 24.3 Å². The van der Waals surface area contributed by atoms with Crippen LogP contribution in [0.15, 0.2) is 18.2 Å². The number of benzene rings is 1. The number of ether oxygens (including phenoxy) is 2.